The number of rotatable bonds is 3. The minimum atomic E-state index is -0.251. The summed E-state index contributed by atoms with van der Waals surface area (Å²) >= 11 is 0. The number of esters is 1. The zero-order chi connectivity index (χ0) is 18.8. The van der Waals surface area contributed by atoms with Crippen LogP contribution in [0.5, 0.6) is 11.5 Å². The highest BCUT2D eigenvalue weighted by Crippen LogP contribution is 2.36. The summed E-state index contributed by atoms with van der Waals surface area (Å²) in [6, 6.07) is 15.7. The molecule has 0 bridgehead atoms. The van der Waals surface area contributed by atoms with E-state index in [2.05, 4.69) is 24.9 Å². The molecule has 4 nitrogen and oxygen atoms in total. The fourth-order valence-electron chi connectivity index (χ4n) is 4.21. The fourth-order valence-corrected chi connectivity index (χ4v) is 4.21. The summed E-state index contributed by atoms with van der Waals surface area (Å²) in [4.78, 5) is 14.8. The Morgan fingerprint density at radius 2 is 1.96 bits per heavy atom. The number of hydrogen-bond donors (Lipinski definition) is 0. The van der Waals surface area contributed by atoms with E-state index >= 15 is 0 Å². The molecule has 3 unspecified atom stereocenters. The smallest absolute Gasteiger partial charge is 0.319 e. The number of nitrogens with zero attached hydrogens (tertiary/aromatic N) is 1. The van der Waals surface area contributed by atoms with E-state index in [-0.39, 0.29) is 18.0 Å². The van der Waals surface area contributed by atoms with Gasteiger partial charge in [-0.15, -0.1) is 0 Å². The molecule has 4 heteroatoms. The molecule has 2 aliphatic heterocycles. The summed E-state index contributed by atoms with van der Waals surface area (Å²) in [5.41, 5.74) is 2.04. The van der Waals surface area contributed by atoms with Crippen LogP contribution in [0.3, 0.4) is 0 Å². The molecule has 2 aromatic rings. The first kappa shape index (κ1) is 18.1. The number of ether oxygens (including phenoxy) is 2. The highest BCUT2D eigenvalue weighted by Gasteiger charge is 2.30. The number of carbonyl (C=O) groups is 1. The van der Waals surface area contributed by atoms with E-state index in [1.807, 2.05) is 42.5 Å². The van der Waals surface area contributed by atoms with Crippen LogP contribution in [-0.4, -0.2) is 37.1 Å². The standard InChI is InChI=1S/C23H27NO3/c1-16-15-24(2)12-6-9-21(16)26-19-10-11-22-18(13-19)14-20(23(25)27-22)17-7-4-3-5-8-17/h3-5,7-8,10-11,13,16,20-21H,6,9,12,14-15H2,1-2H3. The minimum absolute atomic E-state index is 0.178. The summed E-state index contributed by atoms with van der Waals surface area (Å²) < 4.78 is 12.0. The summed E-state index contributed by atoms with van der Waals surface area (Å²) in [6.07, 6.45) is 3.11. The van der Waals surface area contributed by atoms with E-state index in [4.69, 9.17) is 9.47 Å². The van der Waals surface area contributed by atoms with Crippen molar-refractivity contribution in [1.29, 1.82) is 0 Å². The zero-order valence-electron chi connectivity index (χ0n) is 16.1. The fraction of sp³-hybridized carbons (Fsp3) is 0.435. The summed E-state index contributed by atoms with van der Waals surface area (Å²) in [7, 11) is 2.18. The van der Waals surface area contributed by atoms with Gasteiger partial charge < -0.3 is 14.4 Å². The predicted octanol–water partition coefficient (Wildman–Crippen LogP) is 4.04. The largest absolute Gasteiger partial charge is 0.490 e. The Morgan fingerprint density at radius 3 is 2.78 bits per heavy atom. The van der Waals surface area contributed by atoms with Crippen molar-refractivity contribution in [3.05, 3.63) is 59.7 Å². The summed E-state index contributed by atoms with van der Waals surface area (Å²) in [5, 5.41) is 0. The number of carbonyl (C=O) groups excluding carboxylic acids is 1. The number of benzene rings is 2. The van der Waals surface area contributed by atoms with Gasteiger partial charge in [-0.1, -0.05) is 37.3 Å². The van der Waals surface area contributed by atoms with Crippen LogP contribution < -0.4 is 9.47 Å². The Labute approximate surface area is 161 Å². The highest BCUT2D eigenvalue weighted by molar-refractivity contribution is 5.83. The zero-order valence-corrected chi connectivity index (χ0v) is 16.1. The molecule has 2 aliphatic rings. The van der Waals surface area contributed by atoms with E-state index in [1.165, 1.54) is 0 Å². The molecule has 0 spiro atoms. The maximum atomic E-state index is 12.4. The molecule has 142 valence electrons. The third-order valence-corrected chi connectivity index (χ3v) is 5.70. The molecule has 0 aliphatic carbocycles. The van der Waals surface area contributed by atoms with E-state index < -0.39 is 0 Å². The first-order valence-electron chi connectivity index (χ1n) is 9.85. The lowest BCUT2D eigenvalue weighted by Crippen LogP contribution is -2.31. The molecule has 3 atom stereocenters. The first-order chi connectivity index (χ1) is 13.1. The third-order valence-electron chi connectivity index (χ3n) is 5.70. The second-order valence-electron chi connectivity index (χ2n) is 7.90. The van der Waals surface area contributed by atoms with E-state index in [9.17, 15) is 4.79 Å². The van der Waals surface area contributed by atoms with Gasteiger partial charge >= 0.3 is 5.97 Å². The Balaban J connectivity index is 1.52. The van der Waals surface area contributed by atoms with Crippen molar-refractivity contribution in [2.45, 2.75) is 38.2 Å². The van der Waals surface area contributed by atoms with E-state index in [1.54, 1.807) is 0 Å². The monoisotopic (exact) mass is 365 g/mol. The molecule has 0 amide bonds. The van der Waals surface area contributed by atoms with Crippen molar-refractivity contribution in [2.75, 3.05) is 20.1 Å². The van der Waals surface area contributed by atoms with Crippen molar-refractivity contribution < 1.29 is 14.3 Å². The Kier molecular flexibility index (Phi) is 5.17. The van der Waals surface area contributed by atoms with Crippen LogP contribution in [0.15, 0.2) is 48.5 Å². The molecule has 0 saturated carbocycles. The lowest BCUT2D eigenvalue weighted by Gasteiger charge is -2.27. The third kappa shape index (κ3) is 4.01. The van der Waals surface area contributed by atoms with Gasteiger partial charge in [-0.2, -0.15) is 0 Å². The molecule has 27 heavy (non-hydrogen) atoms. The van der Waals surface area contributed by atoms with Gasteiger partial charge in [0.2, 0.25) is 0 Å². The molecule has 4 rings (SSSR count). The van der Waals surface area contributed by atoms with E-state index in [0.717, 1.165) is 42.8 Å². The van der Waals surface area contributed by atoms with Crippen molar-refractivity contribution in [1.82, 2.24) is 4.90 Å². The molecule has 0 N–H and O–H groups in total. The summed E-state index contributed by atoms with van der Waals surface area (Å²) in [6.45, 7) is 4.45. The molecule has 1 saturated heterocycles. The van der Waals surface area contributed by atoms with Gasteiger partial charge in [-0.3, -0.25) is 4.79 Å². The molecule has 0 radical (unpaired) electrons. The first-order valence-corrected chi connectivity index (χ1v) is 9.85. The maximum Gasteiger partial charge on any atom is 0.319 e. The molecule has 2 aromatic carbocycles. The van der Waals surface area contributed by atoms with Crippen molar-refractivity contribution >= 4 is 5.97 Å². The Bertz CT molecular complexity index is 805. The SMILES string of the molecule is CC1CN(C)CCCC1Oc1ccc2c(c1)CC(c1ccccc1)C(=O)O2. The average Bonchev–Trinajstić information content (AvgIpc) is 2.82. The van der Waals surface area contributed by atoms with Crippen LogP contribution in [0, 0.1) is 5.92 Å². The lowest BCUT2D eigenvalue weighted by atomic mass is 9.89. The van der Waals surface area contributed by atoms with Gasteiger partial charge in [0.05, 0.1) is 5.92 Å². The van der Waals surface area contributed by atoms with Gasteiger partial charge in [-0.25, -0.2) is 0 Å². The highest BCUT2D eigenvalue weighted by atomic mass is 16.5. The summed E-state index contributed by atoms with van der Waals surface area (Å²) in [5.74, 6) is 1.60. The van der Waals surface area contributed by atoms with Crippen molar-refractivity contribution in [3.8, 4) is 11.5 Å². The average molecular weight is 365 g/mol. The quantitative estimate of drug-likeness (QED) is 0.608. The number of likely N-dealkylation sites (tertiary alicyclic amines) is 1. The van der Waals surface area contributed by atoms with Crippen molar-refractivity contribution in [3.63, 3.8) is 0 Å². The van der Waals surface area contributed by atoms with Crippen LogP contribution in [0.2, 0.25) is 0 Å². The van der Waals surface area contributed by atoms with Crippen molar-refractivity contribution in [2.24, 2.45) is 5.92 Å². The van der Waals surface area contributed by atoms with E-state index in [0.29, 0.717) is 18.1 Å². The van der Waals surface area contributed by atoms with Gasteiger partial charge in [0.15, 0.2) is 0 Å². The second-order valence-corrected chi connectivity index (χ2v) is 7.90. The van der Waals surface area contributed by atoms with Gasteiger partial charge in [0, 0.05) is 12.5 Å². The van der Waals surface area contributed by atoms with Crippen LogP contribution in [0.25, 0.3) is 0 Å². The lowest BCUT2D eigenvalue weighted by molar-refractivity contribution is -0.137. The Morgan fingerprint density at radius 1 is 1.15 bits per heavy atom. The van der Waals surface area contributed by atoms with Gasteiger partial charge in [-0.05, 0) is 62.2 Å². The number of hydrogen-bond acceptors (Lipinski definition) is 4. The number of fused-ring (bicyclic) bond motifs is 1. The van der Waals surface area contributed by atoms with Crippen LogP contribution in [-0.2, 0) is 11.2 Å². The molecule has 0 aromatic heterocycles. The Hall–Kier alpha value is -2.33. The maximum absolute atomic E-state index is 12.4. The molecular formula is C23H27NO3. The minimum Gasteiger partial charge on any atom is -0.490 e. The van der Waals surface area contributed by atoms with Crippen LogP contribution in [0.4, 0.5) is 0 Å². The van der Waals surface area contributed by atoms with Crippen LogP contribution in [0.1, 0.15) is 36.8 Å². The normalized spacial score (nSPS) is 26.0. The van der Waals surface area contributed by atoms with Gasteiger partial charge in [0.25, 0.3) is 0 Å². The topological polar surface area (TPSA) is 38.8 Å². The predicted molar refractivity (Wildman–Crippen MR) is 105 cm³/mol. The van der Waals surface area contributed by atoms with Crippen LogP contribution >= 0.6 is 0 Å². The molecular weight excluding hydrogens is 338 g/mol. The second kappa shape index (κ2) is 7.73. The molecule has 1 fully saturated rings. The van der Waals surface area contributed by atoms with Gasteiger partial charge in [0.1, 0.15) is 17.6 Å². The molecule has 2 heterocycles.